The summed E-state index contributed by atoms with van der Waals surface area (Å²) < 4.78 is 0. The Balaban J connectivity index is 1.94. The molecule has 2 aromatic carbocycles. The fraction of sp³-hybridized carbons (Fsp3) is 0.333. The fourth-order valence-corrected chi connectivity index (χ4v) is 3.30. The predicted octanol–water partition coefficient (Wildman–Crippen LogP) is 4.01. The van der Waals surface area contributed by atoms with E-state index in [0.717, 1.165) is 24.7 Å². The smallest absolute Gasteiger partial charge is 0.0432 e. The van der Waals surface area contributed by atoms with Gasteiger partial charge < -0.3 is 10.2 Å². The fourth-order valence-electron chi connectivity index (χ4n) is 3.10. The molecule has 1 N–H and O–H groups in total. The molecule has 2 aromatic rings. The van der Waals surface area contributed by atoms with E-state index in [4.69, 9.17) is 11.6 Å². The highest BCUT2D eigenvalue weighted by molar-refractivity contribution is 6.30. The van der Waals surface area contributed by atoms with Gasteiger partial charge in [-0.3, -0.25) is 0 Å². The van der Waals surface area contributed by atoms with Gasteiger partial charge in [-0.1, -0.05) is 35.9 Å². The Kier molecular flexibility index (Phi) is 4.47. The quantitative estimate of drug-likeness (QED) is 0.921. The molecule has 110 valence electrons. The molecule has 0 radical (unpaired) electrons. The van der Waals surface area contributed by atoms with E-state index in [1.807, 2.05) is 13.1 Å². The van der Waals surface area contributed by atoms with E-state index in [0.29, 0.717) is 0 Å². The summed E-state index contributed by atoms with van der Waals surface area (Å²) in [6.07, 6.45) is 2.36. The second kappa shape index (κ2) is 6.50. The number of anilines is 1. The first-order chi connectivity index (χ1) is 10.3. The van der Waals surface area contributed by atoms with Crippen LogP contribution >= 0.6 is 11.6 Å². The Bertz CT molecular complexity index is 624. The lowest BCUT2D eigenvalue weighted by Gasteiger charge is -2.26. The molecule has 0 fully saturated rings. The molecule has 0 amide bonds. The van der Waals surface area contributed by atoms with E-state index in [2.05, 4.69) is 46.6 Å². The number of nitrogens with one attached hydrogen (secondary N) is 1. The molecule has 1 heterocycles. The van der Waals surface area contributed by atoms with Gasteiger partial charge >= 0.3 is 0 Å². The first-order valence-electron chi connectivity index (χ1n) is 7.52. The van der Waals surface area contributed by atoms with Crippen LogP contribution in [-0.4, -0.2) is 13.6 Å². The summed E-state index contributed by atoms with van der Waals surface area (Å²) in [7, 11) is 1.97. The zero-order valence-corrected chi connectivity index (χ0v) is 13.2. The number of rotatable bonds is 3. The number of benzene rings is 2. The van der Waals surface area contributed by atoms with Crippen molar-refractivity contribution in [2.45, 2.75) is 25.9 Å². The minimum absolute atomic E-state index is 0.805. The molecule has 1 aliphatic rings. The molecule has 0 aromatic heterocycles. The Hall–Kier alpha value is -1.51. The normalized spacial score (nSPS) is 14.7. The maximum Gasteiger partial charge on any atom is 0.0432 e. The standard InChI is InChI=1S/C18H21ClN2/c1-20-12-16-11-17(19)8-9-18(16)21-10-4-7-14-5-2-3-6-15(14)13-21/h2-3,5-6,8-9,11,20H,4,7,10,12-13H2,1H3. The minimum Gasteiger partial charge on any atom is -0.367 e. The van der Waals surface area contributed by atoms with Gasteiger partial charge in [0.25, 0.3) is 0 Å². The molecule has 0 saturated carbocycles. The van der Waals surface area contributed by atoms with Crippen molar-refractivity contribution in [3.8, 4) is 0 Å². The Morgan fingerprint density at radius 2 is 1.95 bits per heavy atom. The number of hydrogen-bond acceptors (Lipinski definition) is 2. The number of hydrogen-bond donors (Lipinski definition) is 1. The third-order valence-corrected chi connectivity index (χ3v) is 4.34. The van der Waals surface area contributed by atoms with Crippen LogP contribution in [0.5, 0.6) is 0 Å². The van der Waals surface area contributed by atoms with Gasteiger partial charge in [-0.2, -0.15) is 0 Å². The topological polar surface area (TPSA) is 15.3 Å². The molecule has 0 unspecified atom stereocenters. The summed E-state index contributed by atoms with van der Waals surface area (Å²) in [6, 6.07) is 15.0. The third-order valence-electron chi connectivity index (χ3n) is 4.10. The summed E-state index contributed by atoms with van der Waals surface area (Å²) in [5.41, 5.74) is 5.50. The summed E-state index contributed by atoms with van der Waals surface area (Å²) in [5, 5.41) is 4.05. The molecule has 0 aliphatic carbocycles. The average Bonchev–Trinajstić information content (AvgIpc) is 2.70. The van der Waals surface area contributed by atoms with Crippen molar-refractivity contribution in [1.29, 1.82) is 0 Å². The van der Waals surface area contributed by atoms with Gasteiger partial charge in [-0.25, -0.2) is 0 Å². The maximum absolute atomic E-state index is 6.16. The maximum atomic E-state index is 6.16. The molecule has 3 rings (SSSR count). The second-order valence-electron chi connectivity index (χ2n) is 5.60. The highest BCUT2D eigenvalue weighted by atomic mass is 35.5. The molecular formula is C18H21ClN2. The van der Waals surface area contributed by atoms with Gasteiger partial charge in [0, 0.05) is 30.3 Å². The molecule has 3 heteroatoms. The first-order valence-corrected chi connectivity index (χ1v) is 7.90. The first kappa shape index (κ1) is 14.4. The minimum atomic E-state index is 0.805. The van der Waals surface area contributed by atoms with E-state index >= 15 is 0 Å². The molecule has 0 spiro atoms. The van der Waals surface area contributed by atoms with Crippen LogP contribution in [0.3, 0.4) is 0 Å². The third kappa shape index (κ3) is 3.22. The van der Waals surface area contributed by atoms with E-state index in [-0.39, 0.29) is 0 Å². The summed E-state index contributed by atoms with van der Waals surface area (Å²) in [4.78, 5) is 2.48. The van der Waals surface area contributed by atoms with Crippen molar-refractivity contribution in [1.82, 2.24) is 5.32 Å². The Morgan fingerprint density at radius 1 is 1.14 bits per heavy atom. The number of halogens is 1. The van der Waals surface area contributed by atoms with Gasteiger partial charge in [0.05, 0.1) is 0 Å². The summed E-state index contributed by atoms with van der Waals surface area (Å²) in [6.45, 7) is 2.91. The van der Waals surface area contributed by atoms with Crippen LogP contribution in [0.1, 0.15) is 23.1 Å². The second-order valence-corrected chi connectivity index (χ2v) is 6.03. The van der Waals surface area contributed by atoms with Crippen molar-refractivity contribution >= 4 is 17.3 Å². The SMILES string of the molecule is CNCc1cc(Cl)ccc1N1CCCc2ccccc2C1. The Morgan fingerprint density at radius 3 is 2.76 bits per heavy atom. The van der Waals surface area contributed by atoms with Gasteiger partial charge in [0.2, 0.25) is 0 Å². The van der Waals surface area contributed by atoms with Crippen LogP contribution < -0.4 is 10.2 Å². The summed E-state index contributed by atoms with van der Waals surface area (Å²) >= 11 is 6.16. The molecule has 21 heavy (non-hydrogen) atoms. The Labute approximate surface area is 131 Å². The largest absolute Gasteiger partial charge is 0.367 e. The number of aryl methyl sites for hydroxylation is 1. The van der Waals surface area contributed by atoms with Crippen molar-refractivity contribution in [3.05, 3.63) is 64.2 Å². The lowest BCUT2D eigenvalue weighted by Crippen LogP contribution is -2.24. The molecule has 0 saturated heterocycles. The van der Waals surface area contributed by atoms with Crippen molar-refractivity contribution < 1.29 is 0 Å². The van der Waals surface area contributed by atoms with E-state index in [1.54, 1.807) is 0 Å². The van der Waals surface area contributed by atoms with Gasteiger partial charge in [-0.05, 0) is 54.8 Å². The van der Waals surface area contributed by atoms with E-state index in [9.17, 15) is 0 Å². The van der Waals surface area contributed by atoms with Crippen molar-refractivity contribution in [3.63, 3.8) is 0 Å². The van der Waals surface area contributed by atoms with Crippen LogP contribution in [0.15, 0.2) is 42.5 Å². The van der Waals surface area contributed by atoms with E-state index in [1.165, 1.54) is 35.2 Å². The molecule has 1 aliphatic heterocycles. The van der Waals surface area contributed by atoms with Gasteiger partial charge in [0.15, 0.2) is 0 Å². The zero-order valence-electron chi connectivity index (χ0n) is 12.4. The average molecular weight is 301 g/mol. The van der Waals surface area contributed by atoms with Crippen LogP contribution in [0.4, 0.5) is 5.69 Å². The molecule has 2 nitrogen and oxygen atoms in total. The highest BCUT2D eigenvalue weighted by Crippen LogP contribution is 2.28. The predicted molar refractivity (Wildman–Crippen MR) is 90.0 cm³/mol. The molecular weight excluding hydrogens is 280 g/mol. The highest BCUT2D eigenvalue weighted by Gasteiger charge is 2.16. The monoisotopic (exact) mass is 300 g/mol. The van der Waals surface area contributed by atoms with E-state index < -0.39 is 0 Å². The lowest BCUT2D eigenvalue weighted by atomic mass is 10.0. The number of nitrogens with zero attached hydrogens (tertiary/aromatic N) is 1. The molecule has 0 atom stereocenters. The number of fused-ring (bicyclic) bond motifs is 1. The van der Waals surface area contributed by atoms with Crippen LogP contribution in [0, 0.1) is 0 Å². The van der Waals surface area contributed by atoms with Crippen LogP contribution in [0.2, 0.25) is 5.02 Å². The van der Waals surface area contributed by atoms with Crippen LogP contribution in [-0.2, 0) is 19.5 Å². The van der Waals surface area contributed by atoms with Crippen molar-refractivity contribution in [2.24, 2.45) is 0 Å². The van der Waals surface area contributed by atoms with Crippen LogP contribution in [0.25, 0.3) is 0 Å². The molecule has 0 bridgehead atoms. The zero-order chi connectivity index (χ0) is 14.7. The van der Waals surface area contributed by atoms with Gasteiger partial charge in [0.1, 0.15) is 0 Å². The summed E-state index contributed by atoms with van der Waals surface area (Å²) in [5.74, 6) is 0. The van der Waals surface area contributed by atoms with Gasteiger partial charge in [-0.15, -0.1) is 0 Å². The van der Waals surface area contributed by atoms with Crippen molar-refractivity contribution in [2.75, 3.05) is 18.5 Å². The lowest BCUT2D eigenvalue weighted by molar-refractivity contribution is 0.749.